The highest BCUT2D eigenvalue weighted by Crippen LogP contribution is 2.21. The molecule has 2 heteroatoms. The van der Waals surface area contributed by atoms with Crippen LogP contribution in [0.2, 0.25) is 0 Å². The summed E-state index contributed by atoms with van der Waals surface area (Å²) in [6, 6.07) is 0. The van der Waals surface area contributed by atoms with E-state index in [-0.39, 0.29) is 0 Å². The molecule has 0 saturated heterocycles. The van der Waals surface area contributed by atoms with Crippen molar-refractivity contribution in [2.45, 2.75) is 26.2 Å². The Hall–Kier alpha value is 0.430. The average molecular weight is 281 g/mol. The molecule has 2 N–H and O–H groups in total. The highest BCUT2D eigenvalue weighted by molar-refractivity contribution is 14.1. The summed E-state index contributed by atoms with van der Waals surface area (Å²) < 4.78 is 1.25. The molecule has 0 aliphatic heterocycles. The number of alkyl halides is 1. The normalized spacial score (nSPS) is 15.6. The largest absolute Gasteiger partial charge is 0.330 e. The lowest BCUT2D eigenvalue weighted by molar-refractivity contribution is 0.362. The molecule has 72 valence electrons. The van der Waals surface area contributed by atoms with Crippen LogP contribution in [0.1, 0.15) is 26.2 Å². The molecule has 0 rings (SSSR count). The summed E-state index contributed by atoms with van der Waals surface area (Å²) in [5.41, 5.74) is 5.66. The maximum absolute atomic E-state index is 5.66. The van der Waals surface area contributed by atoms with Crippen molar-refractivity contribution in [1.82, 2.24) is 0 Å². The van der Waals surface area contributed by atoms with Gasteiger partial charge in [0.25, 0.3) is 0 Å². The third-order valence-corrected chi connectivity index (χ3v) is 3.18. The van der Waals surface area contributed by atoms with Gasteiger partial charge in [0, 0.05) is 0 Å². The molecule has 0 aliphatic carbocycles. The lowest BCUT2D eigenvalue weighted by Crippen LogP contribution is -2.21. The molecule has 0 aromatic rings. The van der Waals surface area contributed by atoms with Crippen LogP contribution in [-0.4, -0.2) is 11.0 Å². The third kappa shape index (κ3) is 4.45. The highest BCUT2D eigenvalue weighted by atomic mass is 127. The fourth-order valence-corrected chi connectivity index (χ4v) is 1.98. The van der Waals surface area contributed by atoms with Gasteiger partial charge in [0.1, 0.15) is 0 Å². The van der Waals surface area contributed by atoms with E-state index in [1.165, 1.54) is 23.7 Å². The summed E-state index contributed by atoms with van der Waals surface area (Å²) in [5, 5.41) is 0. The van der Waals surface area contributed by atoms with Gasteiger partial charge in [-0.1, -0.05) is 42.0 Å². The Morgan fingerprint density at radius 3 is 2.58 bits per heavy atom. The Balaban J connectivity index is 3.83. The van der Waals surface area contributed by atoms with Crippen LogP contribution < -0.4 is 5.73 Å². The molecule has 1 nitrogen and oxygen atoms in total. The van der Waals surface area contributed by atoms with Gasteiger partial charge in [-0.05, 0) is 35.6 Å². The molecule has 0 radical (unpaired) electrons. The van der Waals surface area contributed by atoms with Gasteiger partial charge in [0.2, 0.25) is 0 Å². The molecule has 0 aromatic carbocycles. The fourth-order valence-electron chi connectivity index (χ4n) is 1.54. The van der Waals surface area contributed by atoms with Crippen LogP contribution in [0.25, 0.3) is 0 Å². The van der Waals surface area contributed by atoms with Gasteiger partial charge in [-0.2, -0.15) is 0 Å². The van der Waals surface area contributed by atoms with E-state index in [4.69, 9.17) is 5.73 Å². The minimum Gasteiger partial charge on any atom is -0.330 e. The van der Waals surface area contributed by atoms with E-state index >= 15 is 0 Å². The Morgan fingerprint density at radius 1 is 1.58 bits per heavy atom. The van der Waals surface area contributed by atoms with E-state index in [1.807, 2.05) is 6.08 Å². The lowest BCUT2D eigenvalue weighted by Gasteiger charge is -2.21. The molecule has 0 saturated carbocycles. The first-order valence-corrected chi connectivity index (χ1v) is 6.21. The first-order valence-electron chi connectivity index (χ1n) is 4.68. The molecule has 0 spiro atoms. The lowest BCUT2D eigenvalue weighted by atomic mass is 9.86. The van der Waals surface area contributed by atoms with E-state index in [1.54, 1.807) is 0 Å². The zero-order chi connectivity index (χ0) is 9.40. The molecule has 0 aromatic heterocycles. The van der Waals surface area contributed by atoms with E-state index in [2.05, 4.69) is 36.1 Å². The number of hydrogen-bond acceptors (Lipinski definition) is 1. The summed E-state index contributed by atoms with van der Waals surface area (Å²) in [4.78, 5) is 0. The standard InChI is InChI=1S/C10H20IN/c1-3-9(6-5-7-11)10(4-2)8-12/h4,9-10H,2-3,5-8,12H2,1H3. The van der Waals surface area contributed by atoms with E-state index < -0.39 is 0 Å². The van der Waals surface area contributed by atoms with Crippen LogP contribution in [0.15, 0.2) is 12.7 Å². The van der Waals surface area contributed by atoms with Crippen LogP contribution >= 0.6 is 22.6 Å². The van der Waals surface area contributed by atoms with Crippen molar-refractivity contribution in [3.63, 3.8) is 0 Å². The summed E-state index contributed by atoms with van der Waals surface area (Å²) in [6.07, 6.45) is 5.85. The molecule has 2 unspecified atom stereocenters. The fraction of sp³-hybridized carbons (Fsp3) is 0.800. The van der Waals surface area contributed by atoms with Gasteiger partial charge in [-0.25, -0.2) is 0 Å². The zero-order valence-electron chi connectivity index (χ0n) is 7.93. The van der Waals surface area contributed by atoms with Gasteiger partial charge >= 0.3 is 0 Å². The second-order valence-corrected chi connectivity index (χ2v) is 4.21. The second-order valence-electron chi connectivity index (χ2n) is 3.13. The van der Waals surface area contributed by atoms with E-state index in [0.717, 1.165) is 12.5 Å². The van der Waals surface area contributed by atoms with Crippen molar-refractivity contribution in [3.8, 4) is 0 Å². The first-order chi connectivity index (χ1) is 5.79. The van der Waals surface area contributed by atoms with Gasteiger partial charge in [-0.15, -0.1) is 6.58 Å². The van der Waals surface area contributed by atoms with Crippen molar-refractivity contribution in [3.05, 3.63) is 12.7 Å². The molecule has 12 heavy (non-hydrogen) atoms. The second kappa shape index (κ2) is 8.05. The Bertz CT molecular complexity index is 114. The quantitative estimate of drug-likeness (QED) is 0.433. The molecule has 0 heterocycles. The molecule has 0 aliphatic rings. The average Bonchev–Trinajstić information content (AvgIpc) is 2.12. The van der Waals surface area contributed by atoms with Crippen LogP contribution in [0, 0.1) is 11.8 Å². The molecule has 0 bridgehead atoms. The molecule has 0 amide bonds. The first kappa shape index (κ1) is 12.4. The van der Waals surface area contributed by atoms with E-state index in [0.29, 0.717) is 5.92 Å². The van der Waals surface area contributed by atoms with Crippen LogP contribution in [0.5, 0.6) is 0 Å². The Morgan fingerprint density at radius 2 is 2.25 bits per heavy atom. The Labute approximate surface area is 89.9 Å². The summed E-state index contributed by atoms with van der Waals surface area (Å²) in [7, 11) is 0. The molecule has 2 atom stereocenters. The minimum absolute atomic E-state index is 0.526. The van der Waals surface area contributed by atoms with Gasteiger partial charge in [-0.3, -0.25) is 0 Å². The Kier molecular flexibility index (Phi) is 8.34. The zero-order valence-corrected chi connectivity index (χ0v) is 10.1. The van der Waals surface area contributed by atoms with Crippen molar-refractivity contribution >= 4 is 22.6 Å². The van der Waals surface area contributed by atoms with Crippen molar-refractivity contribution in [2.75, 3.05) is 11.0 Å². The van der Waals surface area contributed by atoms with Crippen LogP contribution in [-0.2, 0) is 0 Å². The van der Waals surface area contributed by atoms with E-state index in [9.17, 15) is 0 Å². The van der Waals surface area contributed by atoms with Crippen LogP contribution in [0.3, 0.4) is 0 Å². The predicted molar refractivity (Wildman–Crippen MR) is 64.6 cm³/mol. The summed E-state index contributed by atoms with van der Waals surface area (Å²) in [6.45, 7) is 6.82. The number of nitrogens with two attached hydrogens (primary N) is 1. The predicted octanol–water partition coefficient (Wildman–Crippen LogP) is 2.99. The molecular weight excluding hydrogens is 261 g/mol. The minimum atomic E-state index is 0.526. The van der Waals surface area contributed by atoms with Crippen molar-refractivity contribution in [2.24, 2.45) is 17.6 Å². The third-order valence-electron chi connectivity index (χ3n) is 2.41. The topological polar surface area (TPSA) is 26.0 Å². The van der Waals surface area contributed by atoms with Crippen molar-refractivity contribution in [1.29, 1.82) is 0 Å². The molecule has 0 fully saturated rings. The number of rotatable bonds is 7. The smallest absolute Gasteiger partial charge is 0.000462 e. The van der Waals surface area contributed by atoms with Gasteiger partial charge < -0.3 is 5.73 Å². The van der Waals surface area contributed by atoms with Crippen molar-refractivity contribution < 1.29 is 0 Å². The van der Waals surface area contributed by atoms with Gasteiger partial charge in [0.15, 0.2) is 0 Å². The summed E-state index contributed by atoms with van der Waals surface area (Å²) >= 11 is 2.43. The van der Waals surface area contributed by atoms with Crippen LogP contribution in [0.4, 0.5) is 0 Å². The SMILES string of the molecule is C=CC(CN)C(CC)CCCI. The highest BCUT2D eigenvalue weighted by Gasteiger charge is 2.14. The number of hydrogen-bond donors (Lipinski definition) is 1. The van der Waals surface area contributed by atoms with Gasteiger partial charge in [0.05, 0.1) is 0 Å². The number of halogens is 1. The summed E-state index contributed by atoms with van der Waals surface area (Å²) in [5.74, 6) is 1.28. The molecular formula is C10H20IN. The monoisotopic (exact) mass is 281 g/mol. The maximum atomic E-state index is 5.66. The maximum Gasteiger partial charge on any atom is -0.000462 e.